The fourth-order valence-electron chi connectivity index (χ4n) is 6.14. The first kappa shape index (κ1) is 32.8. The van der Waals surface area contributed by atoms with Crippen LogP contribution < -0.4 is 15.0 Å². The van der Waals surface area contributed by atoms with Gasteiger partial charge >= 0.3 is 6.18 Å². The highest BCUT2D eigenvalue weighted by Crippen LogP contribution is 2.36. The highest BCUT2D eigenvalue weighted by atomic mass is 19.4. The van der Waals surface area contributed by atoms with E-state index in [1.165, 1.54) is 54.5 Å². The highest BCUT2D eigenvalue weighted by Gasteiger charge is 2.31. The van der Waals surface area contributed by atoms with Crippen molar-refractivity contribution >= 4 is 5.69 Å². The van der Waals surface area contributed by atoms with Crippen LogP contribution in [-0.4, -0.2) is 25.2 Å². The molecule has 3 nitrogen and oxygen atoms in total. The number of hydrogen-bond acceptors (Lipinski definition) is 3. The number of nitrogens with one attached hydrogen (secondary N) is 1. The number of benzene rings is 3. The molecule has 0 bridgehead atoms. The summed E-state index contributed by atoms with van der Waals surface area (Å²) in [7, 11) is 0. The summed E-state index contributed by atoms with van der Waals surface area (Å²) >= 11 is 0. The quantitative estimate of drug-likeness (QED) is 0.235. The molecule has 2 aliphatic rings. The maximum atomic E-state index is 12.8. The Kier molecular flexibility index (Phi) is 11.9. The predicted molar refractivity (Wildman–Crippen MR) is 167 cm³/mol. The van der Waals surface area contributed by atoms with E-state index in [1.54, 1.807) is 24.3 Å². The van der Waals surface area contributed by atoms with E-state index >= 15 is 0 Å². The monoisotopic (exact) mass is 598 g/mol. The van der Waals surface area contributed by atoms with Gasteiger partial charge in [-0.15, -0.1) is 0 Å². The molecule has 0 spiro atoms. The molecule has 1 unspecified atom stereocenters. The number of ether oxygens (including phenoxy) is 1. The molecule has 5 rings (SSSR count). The minimum absolute atomic E-state index is 0.137. The van der Waals surface area contributed by atoms with E-state index in [9.17, 15) is 17.6 Å². The number of alkyl halides is 3. The summed E-state index contributed by atoms with van der Waals surface area (Å²) < 4.78 is 57.0. The number of hydrogen-bond donors (Lipinski definition) is 1. The van der Waals surface area contributed by atoms with E-state index in [4.69, 9.17) is 4.74 Å². The van der Waals surface area contributed by atoms with Gasteiger partial charge in [0.05, 0.1) is 5.56 Å². The Bertz CT molecular complexity index is 1250. The Hall–Kier alpha value is -3.06. The second-order valence-electron chi connectivity index (χ2n) is 11.7. The third kappa shape index (κ3) is 9.46. The second-order valence-corrected chi connectivity index (χ2v) is 11.7. The van der Waals surface area contributed by atoms with Crippen molar-refractivity contribution in [2.45, 2.75) is 103 Å². The fraction of sp³-hybridized carbons (Fsp3) is 0.500. The average Bonchev–Trinajstić information content (AvgIpc) is 3.40. The van der Waals surface area contributed by atoms with Crippen LogP contribution in [0.3, 0.4) is 0 Å². The first-order valence-corrected chi connectivity index (χ1v) is 15.9. The van der Waals surface area contributed by atoms with Gasteiger partial charge in [-0.1, -0.05) is 51.8 Å². The van der Waals surface area contributed by atoms with Gasteiger partial charge in [0.15, 0.2) is 0 Å². The first-order valence-electron chi connectivity index (χ1n) is 15.9. The Morgan fingerprint density at radius 2 is 1.51 bits per heavy atom. The molecule has 1 saturated heterocycles. The summed E-state index contributed by atoms with van der Waals surface area (Å²) in [4.78, 5) is 2.14. The summed E-state index contributed by atoms with van der Waals surface area (Å²) in [6, 6.07) is 19.6. The second kappa shape index (κ2) is 15.6. The largest absolute Gasteiger partial charge is 0.490 e. The molecule has 43 heavy (non-hydrogen) atoms. The Morgan fingerprint density at radius 3 is 2.09 bits per heavy atom. The number of rotatable bonds is 10. The molecule has 0 saturated carbocycles. The van der Waals surface area contributed by atoms with Gasteiger partial charge in [-0.2, -0.15) is 13.2 Å². The van der Waals surface area contributed by atoms with Crippen LogP contribution in [0.25, 0.3) is 0 Å². The van der Waals surface area contributed by atoms with Gasteiger partial charge in [0.1, 0.15) is 17.7 Å². The van der Waals surface area contributed by atoms with E-state index < -0.39 is 11.7 Å². The SMILES string of the molecule is CCCC(CCC)NC1CCc2cc(OC3CCN(c4ccc(C(F)(F)F)cc4)CC3)ccc21.CCc1ccc(F)cc1. The summed E-state index contributed by atoms with van der Waals surface area (Å²) in [5, 5.41) is 3.90. The van der Waals surface area contributed by atoms with Crippen molar-refractivity contribution in [3.8, 4) is 5.75 Å². The number of nitrogens with zero attached hydrogens (tertiary/aromatic N) is 1. The number of fused-ring (bicyclic) bond motifs is 1. The molecular formula is C36H46F4N2O. The van der Waals surface area contributed by atoms with Crippen LogP contribution in [0.4, 0.5) is 23.2 Å². The summed E-state index contributed by atoms with van der Waals surface area (Å²) in [5.41, 5.74) is 4.23. The van der Waals surface area contributed by atoms with E-state index in [-0.39, 0.29) is 11.9 Å². The molecule has 0 radical (unpaired) electrons. The zero-order valence-electron chi connectivity index (χ0n) is 25.7. The van der Waals surface area contributed by atoms with E-state index in [1.807, 2.05) is 6.92 Å². The Labute approximate surface area is 254 Å². The Morgan fingerprint density at radius 1 is 0.860 bits per heavy atom. The van der Waals surface area contributed by atoms with Gasteiger partial charge in [-0.05, 0) is 97.3 Å². The van der Waals surface area contributed by atoms with Crippen molar-refractivity contribution in [1.29, 1.82) is 0 Å². The van der Waals surface area contributed by atoms with Crippen LogP contribution in [0.2, 0.25) is 0 Å². The molecular weight excluding hydrogens is 552 g/mol. The van der Waals surface area contributed by atoms with Crippen LogP contribution in [0.5, 0.6) is 5.75 Å². The van der Waals surface area contributed by atoms with Crippen LogP contribution in [0.15, 0.2) is 66.7 Å². The van der Waals surface area contributed by atoms with Gasteiger partial charge in [0.25, 0.3) is 0 Å². The highest BCUT2D eigenvalue weighted by molar-refractivity contribution is 5.48. The number of piperidine rings is 1. The molecule has 7 heteroatoms. The van der Waals surface area contributed by atoms with Crippen LogP contribution in [-0.2, 0) is 19.0 Å². The maximum Gasteiger partial charge on any atom is 0.416 e. The van der Waals surface area contributed by atoms with Crippen molar-refractivity contribution in [1.82, 2.24) is 5.32 Å². The number of halogens is 4. The van der Waals surface area contributed by atoms with Crippen molar-refractivity contribution in [3.63, 3.8) is 0 Å². The standard InChI is InChI=1S/C28H37F3N2O.C8H9F/c1-3-5-22(6-4-2)32-27-14-7-20-19-25(12-13-26(20)27)34-24-15-17-33(18-16-24)23-10-8-21(9-11-23)28(29,30)31;1-2-7-3-5-8(9)6-4-7/h8-13,19,22,24,27,32H,3-7,14-18H2,1-2H3;3-6H,2H2,1H3. The van der Waals surface area contributed by atoms with Gasteiger partial charge in [0, 0.05) is 43.7 Å². The number of aryl methyl sites for hydroxylation is 2. The lowest BCUT2D eigenvalue weighted by Crippen LogP contribution is -2.38. The lowest BCUT2D eigenvalue weighted by Gasteiger charge is -2.34. The van der Waals surface area contributed by atoms with Crippen molar-refractivity contribution < 1.29 is 22.3 Å². The lowest BCUT2D eigenvalue weighted by atomic mass is 10.0. The molecule has 1 fully saturated rings. The molecule has 1 N–H and O–H groups in total. The van der Waals surface area contributed by atoms with Gasteiger partial charge in [-0.25, -0.2) is 4.39 Å². The zero-order valence-corrected chi connectivity index (χ0v) is 25.7. The minimum Gasteiger partial charge on any atom is -0.490 e. The third-order valence-electron chi connectivity index (χ3n) is 8.53. The number of anilines is 1. The maximum absolute atomic E-state index is 12.8. The lowest BCUT2D eigenvalue weighted by molar-refractivity contribution is -0.137. The molecule has 3 aromatic carbocycles. The van der Waals surface area contributed by atoms with Crippen LogP contribution >= 0.6 is 0 Å². The average molecular weight is 599 g/mol. The topological polar surface area (TPSA) is 24.5 Å². The summed E-state index contributed by atoms with van der Waals surface area (Å²) in [6.45, 7) is 8.12. The normalized spacial score (nSPS) is 17.0. The van der Waals surface area contributed by atoms with Gasteiger partial charge in [-0.3, -0.25) is 0 Å². The molecule has 234 valence electrons. The predicted octanol–water partition coefficient (Wildman–Crippen LogP) is 9.69. The Balaban J connectivity index is 0.000000403. The van der Waals surface area contributed by atoms with Crippen molar-refractivity contribution in [2.24, 2.45) is 0 Å². The zero-order chi connectivity index (χ0) is 30.8. The van der Waals surface area contributed by atoms with Crippen molar-refractivity contribution in [2.75, 3.05) is 18.0 Å². The smallest absolute Gasteiger partial charge is 0.416 e. The molecule has 3 aromatic rings. The van der Waals surface area contributed by atoms with Crippen LogP contribution in [0, 0.1) is 5.82 Å². The van der Waals surface area contributed by atoms with Gasteiger partial charge in [0.2, 0.25) is 0 Å². The third-order valence-corrected chi connectivity index (χ3v) is 8.53. The first-order chi connectivity index (χ1) is 20.7. The molecule has 1 aliphatic heterocycles. The summed E-state index contributed by atoms with van der Waals surface area (Å²) in [5.74, 6) is 0.776. The fourth-order valence-corrected chi connectivity index (χ4v) is 6.14. The van der Waals surface area contributed by atoms with Crippen LogP contribution in [0.1, 0.15) is 94.0 Å². The molecule has 1 heterocycles. The summed E-state index contributed by atoms with van der Waals surface area (Å²) in [6.07, 6.45) is 5.64. The molecule has 0 amide bonds. The van der Waals surface area contributed by atoms with E-state index in [0.29, 0.717) is 12.1 Å². The van der Waals surface area contributed by atoms with Crippen molar-refractivity contribution in [3.05, 3.63) is 94.8 Å². The molecule has 1 atom stereocenters. The van der Waals surface area contributed by atoms with E-state index in [0.717, 1.165) is 68.8 Å². The molecule has 1 aliphatic carbocycles. The molecule has 0 aromatic heterocycles. The minimum atomic E-state index is -4.29. The van der Waals surface area contributed by atoms with E-state index in [2.05, 4.69) is 42.3 Å². The van der Waals surface area contributed by atoms with Gasteiger partial charge < -0.3 is 15.0 Å².